The van der Waals surface area contributed by atoms with Crippen LogP contribution in [-0.4, -0.2) is 17.1 Å². The topological polar surface area (TPSA) is 75.3 Å². The van der Waals surface area contributed by atoms with Gasteiger partial charge in [-0.25, -0.2) is 0 Å². The van der Waals surface area contributed by atoms with Gasteiger partial charge in [0.2, 0.25) is 5.91 Å². The van der Waals surface area contributed by atoms with Crippen LogP contribution in [0.15, 0.2) is 48.5 Å². The molecule has 0 aliphatic carbocycles. The highest BCUT2D eigenvalue weighted by Gasteiger charge is 2.30. The van der Waals surface area contributed by atoms with Crippen LogP contribution in [-0.2, 0) is 23.9 Å². The van der Waals surface area contributed by atoms with Gasteiger partial charge in [0.25, 0.3) is 0 Å². The van der Waals surface area contributed by atoms with Gasteiger partial charge in [0.1, 0.15) is 5.75 Å². The van der Waals surface area contributed by atoms with Gasteiger partial charge in [0, 0.05) is 6.54 Å². The normalized spacial score (nSPS) is 12.7. The average Bonchev–Trinajstić information content (AvgIpc) is 2.54. The second-order valence-corrected chi connectivity index (χ2v) is 5.39. The number of phenolic OH excluding ortho intramolecular Hbond substituents is 1. The van der Waals surface area contributed by atoms with Crippen LogP contribution in [0, 0.1) is 0 Å². The fourth-order valence-electron chi connectivity index (χ4n) is 2.16. The molecule has 0 aromatic heterocycles. The maximum Gasteiger partial charge on any atom is 0.416 e. The third kappa shape index (κ3) is 4.99. The molecule has 0 fully saturated rings. The Hall–Kier alpha value is -2.54. The van der Waals surface area contributed by atoms with Gasteiger partial charge < -0.3 is 16.2 Å². The van der Waals surface area contributed by atoms with E-state index in [0.717, 1.165) is 17.7 Å². The van der Waals surface area contributed by atoms with Crippen molar-refractivity contribution in [1.82, 2.24) is 5.32 Å². The summed E-state index contributed by atoms with van der Waals surface area (Å²) in [7, 11) is 0. The number of halogens is 3. The van der Waals surface area contributed by atoms with Crippen LogP contribution in [0.1, 0.15) is 16.7 Å². The number of benzene rings is 2. The Bertz CT molecular complexity index is 700. The molecule has 2 rings (SSSR count). The molecular formula is C17H17F3N2O2. The van der Waals surface area contributed by atoms with E-state index in [2.05, 4.69) is 5.32 Å². The zero-order valence-corrected chi connectivity index (χ0v) is 12.7. The molecular weight excluding hydrogens is 321 g/mol. The maximum atomic E-state index is 12.6. The Morgan fingerprint density at radius 1 is 1.12 bits per heavy atom. The molecule has 7 heteroatoms. The Morgan fingerprint density at radius 3 is 2.42 bits per heavy atom. The fraction of sp³-hybridized carbons (Fsp3) is 0.235. The van der Waals surface area contributed by atoms with Crippen molar-refractivity contribution in [3.8, 4) is 5.75 Å². The van der Waals surface area contributed by atoms with Gasteiger partial charge in [0.15, 0.2) is 0 Å². The third-order valence-corrected chi connectivity index (χ3v) is 3.45. The number of aromatic hydroxyl groups is 1. The largest absolute Gasteiger partial charge is 0.508 e. The minimum absolute atomic E-state index is 0.0357. The van der Waals surface area contributed by atoms with E-state index < -0.39 is 23.7 Å². The number of hydrogen-bond acceptors (Lipinski definition) is 3. The van der Waals surface area contributed by atoms with E-state index >= 15 is 0 Å². The van der Waals surface area contributed by atoms with Crippen molar-refractivity contribution in [3.05, 3.63) is 65.2 Å². The minimum Gasteiger partial charge on any atom is -0.508 e. The second-order valence-electron chi connectivity index (χ2n) is 5.39. The van der Waals surface area contributed by atoms with E-state index in [1.54, 1.807) is 12.1 Å². The van der Waals surface area contributed by atoms with Crippen molar-refractivity contribution in [1.29, 1.82) is 0 Å². The Morgan fingerprint density at radius 2 is 1.79 bits per heavy atom. The summed E-state index contributed by atoms with van der Waals surface area (Å²) in [4.78, 5) is 12.0. The molecule has 2 aromatic rings. The van der Waals surface area contributed by atoms with E-state index in [4.69, 9.17) is 5.73 Å². The molecule has 0 aliphatic heterocycles. The molecule has 0 saturated heterocycles. The Labute approximate surface area is 137 Å². The number of amides is 1. The number of carbonyl (C=O) groups excluding carboxylic acids is 1. The first kappa shape index (κ1) is 17.8. The van der Waals surface area contributed by atoms with E-state index in [1.807, 2.05) is 0 Å². The predicted octanol–water partition coefficient (Wildman–Crippen LogP) is 2.60. The van der Waals surface area contributed by atoms with Gasteiger partial charge in [-0.15, -0.1) is 0 Å². The molecule has 0 radical (unpaired) electrons. The van der Waals surface area contributed by atoms with E-state index in [0.29, 0.717) is 5.56 Å². The lowest BCUT2D eigenvalue weighted by molar-refractivity contribution is -0.137. The quantitative estimate of drug-likeness (QED) is 0.784. The van der Waals surface area contributed by atoms with Gasteiger partial charge >= 0.3 is 6.18 Å². The summed E-state index contributed by atoms with van der Waals surface area (Å²) in [5.41, 5.74) is 6.15. The fourth-order valence-corrected chi connectivity index (χ4v) is 2.16. The van der Waals surface area contributed by atoms with E-state index in [9.17, 15) is 23.1 Å². The number of nitrogens with one attached hydrogen (secondary N) is 1. The number of alkyl halides is 3. The molecule has 1 amide bonds. The van der Waals surface area contributed by atoms with Gasteiger partial charge in [-0.2, -0.15) is 13.2 Å². The highest BCUT2D eigenvalue weighted by Crippen LogP contribution is 2.29. The Balaban J connectivity index is 1.91. The number of nitrogens with two attached hydrogens (primary N) is 1. The maximum absolute atomic E-state index is 12.6. The first-order chi connectivity index (χ1) is 11.3. The van der Waals surface area contributed by atoms with Crippen LogP contribution in [0.5, 0.6) is 5.75 Å². The monoisotopic (exact) mass is 338 g/mol. The average molecular weight is 338 g/mol. The third-order valence-electron chi connectivity index (χ3n) is 3.45. The molecule has 2 aromatic carbocycles. The molecule has 4 nitrogen and oxygen atoms in total. The van der Waals surface area contributed by atoms with Crippen LogP contribution >= 0.6 is 0 Å². The van der Waals surface area contributed by atoms with Gasteiger partial charge in [-0.05, 0) is 41.8 Å². The molecule has 0 bridgehead atoms. The second kappa shape index (κ2) is 7.35. The summed E-state index contributed by atoms with van der Waals surface area (Å²) < 4.78 is 37.9. The molecule has 0 heterocycles. The summed E-state index contributed by atoms with van der Waals surface area (Å²) in [5, 5.41) is 11.7. The van der Waals surface area contributed by atoms with Crippen molar-refractivity contribution in [2.24, 2.45) is 5.73 Å². The van der Waals surface area contributed by atoms with Crippen LogP contribution < -0.4 is 11.1 Å². The summed E-state index contributed by atoms with van der Waals surface area (Å²) >= 11 is 0. The van der Waals surface area contributed by atoms with Crippen LogP contribution in [0.25, 0.3) is 0 Å². The predicted molar refractivity (Wildman–Crippen MR) is 83.1 cm³/mol. The van der Waals surface area contributed by atoms with Gasteiger partial charge in [-0.3, -0.25) is 4.79 Å². The zero-order valence-electron chi connectivity index (χ0n) is 12.7. The Kier molecular flexibility index (Phi) is 5.46. The summed E-state index contributed by atoms with van der Waals surface area (Å²) in [6, 6.07) is 10.2. The zero-order chi connectivity index (χ0) is 17.7. The van der Waals surface area contributed by atoms with E-state index in [1.165, 1.54) is 24.3 Å². The molecule has 0 unspecified atom stereocenters. The number of carbonyl (C=O) groups is 1. The first-order valence-corrected chi connectivity index (χ1v) is 7.23. The lowest BCUT2D eigenvalue weighted by atomic mass is 10.1. The first-order valence-electron chi connectivity index (χ1n) is 7.23. The standard InChI is InChI=1S/C17H17F3N2O2/c18-17(19,20)13-3-1-2-12(8-13)10-22-16(24)15(21)9-11-4-6-14(23)7-5-11/h1-8,15,23H,9-10,21H2,(H,22,24)/t15-/m0/s1. The lowest BCUT2D eigenvalue weighted by Crippen LogP contribution is -2.41. The molecule has 0 aliphatic rings. The lowest BCUT2D eigenvalue weighted by Gasteiger charge is -2.13. The minimum atomic E-state index is -4.42. The molecule has 0 spiro atoms. The molecule has 1 atom stereocenters. The van der Waals surface area contributed by atoms with Crippen molar-refractivity contribution in [2.45, 2.75) is 25.2 Å². The van der Waals surface area contributed by atoms with Crippen molar-refractivity contribution in [2.75, 3.05) is 0 Å². The smallest absolute Gasteiger partial charge is 0.416 e. The molecule has 24 heavy (non-hydrogen) atoms. The van der Waals surface area contributed by atoms with Crippen LogP contribution in [0.4, 0.5) is 13.2 Å². The van der Waals surface area contributed by atoms with Gasteiger partial charge in [0.05, 0.1) is 11.6 Å². The van der Waals surface area contributed by atoms with Crippen LogP contribution in [0.3, 0.4) is 0 Å². The molecule has 0 saturated carbocycles. The number of phenols is 1. The van der Waals surface area contributed by atoms with Gasteiger partial charge in [-0.1, -0.05) is 24.3 Å². The summed E-state index contributed by atoms with van der Waals surface area (Å²) in [6.45, 7) is -0.0357. The van der Waals surface area contributed by atoms with E-state index in [-0.39, 0.29) is 18.7 Å². The number of hydrogen-bond donors (Lipinski definition) is 3. The van der Waals surface area contributed by atoms with Crippen molar-refractivity contribution >= 4 is 5.91 Å². The van der Waals surface area contributed by atoms with Crippen molar-refractivity contribution < 1.29 is 23.1 Å². The van der Waals surface area contributed by atoms with Crippen molar-refractivity contribution in [3.63, 3.8) is 0 Å². The van der Waals surface area contributed by atoms with Crippen LogP contribution in [0.2, 0.25) is 0 Å². The number of rotatable bonds is 5. The highest BCUT2D eigenvalue weighted by atomic mass is 19.4. The highest BCUT2D eigenvalue weighted by molar-refractivity contribution is 5.81. The SMILES string of the molecule is N[C@@H](Cc1ccc(O)cc1)C(=O)NCc1cccc(C(F)(F)F)c1. The summed E-state index contributed by atoms with van der Waals surface area (Å²) in [6.07, 6.45) is -4.16. The molecule has 4 N–H and O–H groups in total. The summed E-state index contributed by atoms with van der Waals surface area (Å²) in [5.74, 6) is -0.346. The molecule has 128 valence electrons.